The van der Waals surface area contributed by atoms with Gasteiger partial charge in [-0.3, -0.25) is 0 Å². The fraction of sp³-hybridized carbons (Fsp3) is 0.656. The van der Waals surface area contributed by atoms with Gasteiger partial charge in [0.1, 0.15) is 0 Å². The zero-order valence-electron chi connectivity index (χ0n) is 23.2. The molecule has 5 nitrogen and oxygen atoms in total. The lowest BCUT2D eigenvalue weighted by Crippen LogP contribution is -2.58. The summed E-state index contributed by atoms with van der Waals surface area (Å²) in [6.45, 7) is 9.81. The van der Waals surface area contributed by atoms with Crippen LogP contribution in [-0.4, -0.2) is 45.9 Å². The minimum absolute atomic E-state index is 0.0896. The highest BCUT2D eigenvalue weighted by atomic mass is 16.3. The maximum atomic E-state index is 13.4. The smallest absolute Gasteiger partial charge is 0.317 e. The van der Waals surface area contributed by atoms with Crippen molar-refractivity contribution in [2.75, 3.05) is 13.1 Å². The van der Waals surface area contributed by atoms with Crippen molar-refractivity contribution >= 4 is 6.03 Å². The number of aliphatic hydroxyl groups excluding tert-OH is 1. The molecule has 3 N–H and O–H groups in total. The first-order valence-corrected chi connectivity index (χ1v) is 14.5. The predicted octanol–water partition coefficient (Wildman–Crippen LogP) is 6.14. The summed E-state index contributed by atoms with van der Waals surface area (Å²) in [6.07, 6.45) is 11.7. The monoisotopic (exact) mass is 506 g/mol. The van der Waals surface area contributed by atoms with Crippen LogP contribution >= 0.6 is 0 Å². The van der Waals surface area contributed by atoms with Crippen LogP contribution < -0.4 is 5.32 Å². The predicted molar refractivity (Wildman–Crippen MR) is 148 cm³/mol. The summed E-state index contributed by atoms with van der Waals surface area (Å²) in [7, 11) is 0. The van der Waals surface area contributed by atoms with Crippen molar-refractivity contribution in [3.8, 4) is 0 Å². The summed E-state index contributed by atoms with van der Waals surface area (Å²) in [5.41, 5.74) is 2.99. The highest BCUT2D eigenvalue weighted by molar-refractivity contribution is 5.75. The van der Waals surface area contributed by atoms with Crippen LogP contribution in [0.2, 0.25) is 0 Å². The molecule has 0 bridgehead atoms. The third-order valence-electron chi connectivity index (χ3n) is 10.7. The largest absolute Gasteiger partial charge is 0.393 e. The number of allylic oxidation sites excluding steroid dienone is 3. The molecule has 4 aliphatic carbocycles. The molecule has 3 fully saturated rings. The van der Waals surface area contributed by atoms with Crippen LogP contribution in [0.15, 0.2) is 53.6 Å². The Bertz CT molecular complexity index is 1070. The van der Waals surface area contributed by atoms with Gasteiger partial charge >= 0.3 is 6.03 Å². The van der Waals surface area contributed by atoms with Crippen LogP contribution in [0.4, 0.5) is 4.79 Å². The van der Waals surface area contributed by atoms with E-state index in [1.54, 1.807) is 0 Å². The summed E-state index contributed by atoms with van der Waals surface area (Å²) in [4.78, 5) is 15.3. The molecule has 5 rings (SSSR count). The number of fused-ring (bicyclic) bond motifs is 5. The molecule has 3 saturated carbocycles. The van der Waals surface area contributed by atoms with Gasteiger partial charge < -0.3 is 20.4 Å². The number of aliphatic hydroxyl groups is 2. The molecule has 7 unspecified atom stereocenters. The average Bonchev–Trinajstić information content (AvgIpc) is 3.15. The fourth-order valence-electron chi connectivity index (χ4n) is 8.29. The Morgan fingerprint density at radius 1 is 1.08 bits per heavy atom. The number of carbonyl (C=O) groups is 1. The summed E-state index contributed by atoms with van der Waals surface area (Å²) >= 11 is 0. The summed E-state index contributed by atoms with van der Waals surface area (Å²) < 4.78 is 0. The first-order chi connectivity index (χ1) is 17.6. The summed E-state index contributed by atoms with van der Waals surface area (Å²) in [5.74, 6) is 0.842. The van der Waals surface area contributed by atoms with Gasteiger partial charge in [0.15, 0.2) is 0 Å². The number of nitrogens with one attached hydrogen (secondary N) is 1. The molecule has 7 atom stereocenters. The van der Waals surface area contributed by atoms with Crippen LogP contribution in [0, 0.1) is 22.7 Å². The molecule has 0 saturated heterocycles. The average molecular weight is 507 g/mol. The van der Waals surface area contributed by atoms with E-state index < -0.39 is 5.60 Å². The van der Waals surface area contributed by atoms with Crippen LogP contribution in [-0.2, 0) is 0 Å². The fourth-order valence-corrected chi connectivity index (χ4v) is 8.29. The Morgan fingerprint density at radius 3 is 2.54 bits per heavy atom. The zero-order valence-corrected chi connectivity index (χ0v) is 23.2. The third kappa shape index (κ3) is 4.46. The molecule has 2 amide bonds. The normalized spacial score (nSPS) is 37.4. The molecule has 0 heterocycles. The molecule has 37 heavy (non-hydrogen) atoms. The number of hydrogen-bond donors (Lipinski definition) is 3. The second kappa shape index (κ2) is 9.89. The summed E-state index contributed by atoms with van der Waals surface area (Å²) in [5, 5.41) is 25.7. The number of amides is 2. The van der Waals surface area contributed by atoms with Gasteiger partial charge in [-0.15, -0.1) is 0 Å². The van der Waals surface area contributed by atoms with E-state index in [1.165, 1.54) is 11.1 Å². The number of nitrogens with zero attached hydrogens (tertiary/aromatic N) is 1. The molecular weight excluding hydrogens is 460 g/mol. The van der Waals surface area contributed by atoms with Gasteiger partial charge in [0.25, 0.3) is 0 Å². The molecule has 4 aliphatic rings. The van der Waals surface area contributed by atoms with Crippen molar-refractivity contribution in [2.24, 2.45) is 22.7 Å². The van der Waals surface area contributed by atoms with E-state index in [-0.39, 0.29) is 29.0 Å². The van der Waals surface area contributed by atoms with E-state index >= 15 is 0 Å². The number of rotatable bonds is 6. The SMILES string of the molecule is CCCN(CC1(O)CCC2C3=CC=C4CC(O)CCC4(C)C3CCC21C)C(=O)NC(C)c1ccccc1. The van der Waals surface area contributed by atoms with Crippen LogP contribution in [0.1, 0.15) is 90.7 Å². The first-order valence-electron chi connectivity index (χ1n) is 14.5. The van der Waals surface area contributed by atoms with E-state index in [9.17, 15) is 15.0 Å². The lowest BCUT2D eigenvalue weighted by Gasteiger charge is -2.56. The van der Waals surface area contributed by atoms with E-state index in [0.717, 1.165) is 56.9 Å². The molecule has 0 aromatic heterocycles. The maximum absolute atomic E-state index is 13.4. The Hall–Kier alpha value is -2.11. The van der Waals surface area contributed by atoms with Gasteiger partial charge in [-0.25, -0.2) is 4.79 Å². The third-order valence-corrected chi connectivity index (χ3v) is 10.7. The Balaban J connectivity index is 1.35. The number of hydrogen-bond acceptors (Lipinski definition) is 3. The van der Waals surface area contributed by atoms with Gasteiger partial charge in [-0.1, -0.05) is 74.4 Å². The molecule has 5 heteroatoms. The quantitative estimate of drug-likeness (QED) is 0.434. The Labute approximate surface area is 223 Å². The molecule has 0 radical (unpaired) electrons. The van der Waals surface area contributed by atoms with Crippen molar-refractivity contribution in [3.05, 3.63) is 59.2 Å². The first kappa shape index (κ1) is 26.5. The molecule has 0 spiro atoms. The van der Waals surface area contributed by atoms with Gasteiger partial charge in [-0.2, -0.15) is 0 Å². The van der Waals surface area contributed by atoms with Crippen molar-refractivity contribution in [1.82, 2.24) is 10.2 Å². The second-order valence-electron chi connectivity index (χ2n) is 12.8. The van der Waals surface area contributed by atoms with Crippen LogP contribution in [0.5, 0.6) is 0 Å². The topological polar surface area (TPSA) is 72.8 Å². The van der Waals surface area contributed by atoms with Gasteiger partial charge in [0.05, 0.1) is 24.3 Å². The number of benzene rings is 1. The van der Waals surface area contributed by atoms with Crippen LogP contribution in [0.3, 0.4) is 0 Å². The maximum Gasteiger partial charge on any atom is 0.317 e. The minimum atomic E-state index is -0.903. The molecule has 202 valence electrons. The lowest BCUT2D eigenvalue weighted by molar-refractivity contribution is -0.0964. The lowest BCUT2D eigenvalue weighted by atomic mass is 9.50. The molecule has 1 aromatic rings. The van der Waals surface area contributed by atoms with Gasteiger partial charge in [0, 0.05) is 12.0 Å². The summed E-state index contributed by atoms with van der Waals surface area (Å²) in [6, 6.07) is 9.87. The molecule has 1 aromatic carbocycles. The standard InChI is InChI=1S/C32H46N2O3/c1-5-19-34(29(36)33-22(2)23-9-7-6-8-10-23)21-32(37)18-15-28-26-12-11-24-20-25(35)13-16-30(24,3)27(26)14-17-31(28,32)4/h6-12,22,25,27-28,35,37H,5,13-21H2,1-4H3,(H,33,36). The van der Waals surface area contributed by atoms with E-state index in [4.69, 9.17) is 0 Å². The van der Waals surface area contributed by atoms with Crippen molar-refractivity contribution in [3.63, 3.8) is 0 Å². The van der Waals surface area contributed by atoms with Gasteiger partial charge in [-0.05, 0) is 81.1 Å². The van der Waals surface area contributed by atoms with Crippen molar-refractivity contribution in [1.29, 1.82) is 0 Å². The highest BCUT2D eigenvalue weighted by Crippen LogP contribution is 2.66. The Morgan fingerprint density at radius 2 is 1.81 bits per heavy atom. The number of carbonyl (C=O) groups excluding carboxylic acids is 1. The van der Waals surface area contributed by atoms with Crippen LogP contribution in [0.25, 0.3) is 0 Å². The van der Waals surface area contributed by atoms with Crippen molar-refractivity contribution < 1.29 is 15.0 Å². The van der Waals surface area contributed by atoms with E-state index in [2.05, 4.69) is 38.2 Å². The Kier molecular flexibility index (Phi) is 7.08. The minimum Gasteiger partial charge on any atom is -0.393 e. The highest BCUT2D eigenvalue weighted by Gasteiger charge is 2.62. The van der Waals surface area contributed by atoms with Gasteiger partial charge in [0.2, 0.25) is 0 Å². The van der Waals surface area contributed by atoms with E-state index in [1.807, 2.05) is 42.2 Å². The molecule has 0 aliphatic heterocycles. The second-order valence-corrected chi connectivity index (χ2v) is 12.8. The number of urea groups is 1. The zero-order chi connectivity index (χ0) is 26.4. The molecular formula is C32H46N2O3. The van der Waals surface area contributed by atoms with Crippen molar-refractivity contribution in [2.45, 2.75) is 96.8 Å². The van der Waals surface area contributed by atoms with E-state index in [0.29, 0.717) is 24.9 Å².